The Morgan fingerprint density at radius 2 is 1.95 bits per heavy atom. The lowest BCUT2D eigenvalue weighted by Gasteiger charge is -2.17. The fourth-order valence-corrected chi connectivity index (χ4v) is 2.62. The molecule has 2 atom stereocenters. The topological polar surface area (TPSA) is 99.3 Å². The van der Waals surface area contributed by atoms with E-state index in [9.17, 15) is 14.4 Å². The van der Waals surface area contributed by atoms with E-state index < -0.39 is 17.9 Å². The minimum atomic E-state index is -0.958. The SMILES string of the molecule is Cc1c(C(=O)NC(C)C(C)C(=O)O)[nH]c2c1C(=O)CCC2. The van der Waals surface area contributed by atoms with Gasteiger partial charge in [-0.2, -0.15) is 0 Å². The van der Waals surface area contributed by atoms with Crippen LogP contribution in [0, 0.1) is 12.8 Å². The standard InChI is InChI=1S/C15H20N2O4/c1-7(15(20)21)9(3)16-14(19)13-8(2)12-10(17-13)5-4-6-11(12)18/h7,9,17H,4-6H2,1-3H3,(H,16,19)(H,20,21). The number of ketones is 1. The normalized spacial score (nSPS) is 17.0. The third-order valence-electron chi connectivity index (χ3n) is 4.16. The predicted molar refractivity (Wildman–Crippen MR) is 76.5 cm³/mol. The van der Waals surface area contributed by atoms with Crippen molar-refractivity contribution < 1.29 is 19.5 Å². The fourth-order valence-electron chi connectivity index (χ4n) is 2.62. The number of aryl methyl sites for hydroxylation is 1. The molecule has 1 aliphatic rings. The van der Waals surface area contributed by atoms with Crippen LogP contribution in [0.1, 0.15) is 58.8 Å². The first kappa shape index (κ1) is 15.3. The average molecular weight is 292 g/mol. The molecule has 1 amide bonds. The number of aromatic amines is 1. The lowest BCUT2D eigenvalue weighted by molar-refractivity contribution is -0.141. The molecule has 0 saturated heterocycles. The zero-order valence-corrected chi connectivity index (χ0v) is 12.4. The van der Waals surface area contributed by atoms with Crippen molar-refractivity contribution in [2.75, 3.05) is 0 Å². The number of H-pyrrole nitrogens is 1. The highest BCUT2D eigenvalue weighted by Gasteiger charge is 2.28. The number of carbonyl (C=O) groups excluding carboxylic acids is 2. The molecule has 0 fully saturated rings. The number of carboxylic acids is 1. The highest BCUT2D eigenvalue weighted by molar-refractivity contribution is 6.04. The third-order valence-corrected chi connectivity index (χ3v) is 4.16. The number of amides is 1. The second-order valence-corrected chi connectivity index (χ2v) is 5.64. The zero-order valence-electron chi connectivity index (χ0n) is 12.4. The summed E-state index contributed by atoms with van der Waals surface area (Å²) in [4.78, 5) is 38.2. The molecule has 6 heteroatoms. The molecular weight excluding hydrogens is 272 g/mol. The summed E-state index contributed by atoms with van der Waals surface area (Å²) in [6, 6.07) is -0.495. The Bertz CT molecular complexity index is 603. The van der Waals surface area contributed by atoms with Gasteiger partial charge in [0, 0.05) is 23.7 Å². The number of Topliss-reactive ketones (excluding diaryl/α,β-unsaturated/α-hetero) is 1. The molecule has 0 bridgehead atoms. The summed E-state index contributed by atoms with van der Waals surface area (Å²) in [7, 11) is 0. The molecule has 0 aromatic carbocycles. The Hall–Kier alpha value is -2.11. The minimum absolute atomic E-state index is 0.0657. The molecule has 0 radical (unpaired) electrons. The molecule has 2 unspecified atom stereocenters. The Labute approximate surface area is 122 Å². The lowest BCUT2D eigenvalue weighted by Crippen LogP contribution is -2.40. The Balaban J connectivity index is 2.21. The Morgan fingerprint density at radius 1 is 1.29 bits per heavy atom. The van der Waals surface area contributed by atoms with Gasteiger partial charge in [-0.05, 0) is 39.2 Å². The Morgan fingerprint density at radius 3 is 2.52 bits per heavy atom. The molecule has 21 heavy (non-hydrogen) atoms. The first-order valence-corrected chi connectivity index (χ1v) is 7.11. The highest BCUT2D eigenvalue weighted by atomic mass is 16.4. The molecule has 1 aliphatic carbocycles. The van der Waals surface area contributed by atoms with Crippen LogP contribution in [0.2, 0.25) is 0 Å². The van der Waals surface area contributed by atoms with Crippen molar-refractivity contribution in [1.82, 2.24) is 10.3 Å². The number of aromatic nitrogens is 1. The molecule has 3 N–H and O–H groups in total. The van der Waals surface area contributed by atoms with Crippen LogP contribution in [0.25, 0.3) is 0 Å². The smallest absolute Gasteiger partial charge is 0.308 e. The fraction of sp³-hybridized carbons (Fsp3) is 0.533. The van der Waals surface area contributed by atoms with Crippen LogP contribution in [-0.4, -0.2) is 33.8 Å². The Kier molecular flexibility index (Phi) is 4.16. The summed E-state index contributed by atoms with van der Waals surface area (Å²) in [5.74, 6) is -1.94. The van der Waals surface area contributed by atoms with Gasteiger partial charge >= 0.3 is 5.97 Å². The number of rotatable bonds is 4. The van der Waals surface area contributed by atoms with Crippen LogP contribution < -0.4 is 5.32 Å². The van der Waals surface area contributed by atoms with Crippen LogP contribution in [0.5, 0.6) is 0 Å². The van der Waals surface area contributed by atoms with Gasteiger partial charge < -0.3 is 15.4 Å². The van der Waals surface area contributed by atoms with Gasteiger partial charge in [0.15, 0.2) is 5.78 Å². The van der Waals surface area contributed by atoms with Gasteiger partial charge in [0.25, 0.3) is 5.91 Å². The monoisotopic (exact) mass is 292 g/mol. The number of carboxylic acid groups (broad SMARTS) is 1. The molecule has 0 aliphatic heterocycles. The summed E-state index contributed by atoms with van der Waals surface area (Å²) in [5.41, 5.74) is 2.46. The molecular formula is C15H20N2O4. The van der Waals surface area contributed by atoms with Gasteiger partial charge in [0.1, 0.15) is 5.69 Å². The summed E-state index contributed by atoms with van der Waals surface area (Å²) >= 11 is 0. The van der Waals surface area contributed by atoms with Crippen molar-refractivity contribution in [2.24, 2.45) is 5.92 Å². The van der Waals surface area contributed by atoms with E-state index in [-0.39, 0.29) is 11.7 Å². The van der Waals surface area contributed by atoms with Crippen LogP contribution >= 0.6 is 0 Å². The second-order valence-electron chi connectivity index (χ2n) is 5.64. The lowest BCUT2D eigenvalue weighted by atomic mass is 9.93. The quantitative estimate of drug-likeness (QED) is 0.786. The van der Waals surface area contributed by atoms with Gasteiger partial charge in [-0.1, -0.05) is 0 Å². The molecule has 0 spiro atoms. The zero-order chi connectivity index (χ0) is 15.7. The number of carbonyl (C=O) groups is 3. The third kappa shape index (κ3) is 2.84. The largest absolute Gasteiger partial charge is 0.481 e. The van der Waals surface area contributed by atoms with Crippen molar-refractivity contribution in [3.8, 4) is 0 Å². The van der Waals surface area contributed by atoms with Crippen molar-refractivity contribution in [3.05, 3.63) is 22.5 Å². The van der Waals surface area contributed by atoms with Gasteiger partial charge in [0.05, 0.1) is 5.92 Å². The number of nitrogens with one attached hydrogen (secondary N) is 2. The van der Waals surface area contributed by atoms with E-state index in [2.05, 4.69) is 10.3 Å². The van der Waals surface area contributed by atoms with Crippen molar-refractivity contribution in [2.45, 2.75) is 46.1 Å². The maximum Gasteiger partial charge on any atom is 0.308 e. The van der Waals surface area contributed by atoms with Gasteiger partial charge in [-0.15, -0.1) is 0 Å². The number of hydrogen-bond acceptors (Lipinski definition) is 3. The van der Waals surface area contributed by atoms with E-state index in [1.165, 1.54) is 0 Å². The molecule has 1 aromatic heterocycles. The summed E-state index contributed by atoms with van der Waals surface area (Å²) < 4.78 is 0. The molecule has 114 valence electrons. The van der Waals surface area contributed by atoms with Gasteiger partial charge in [0.2, 0.25) is 0 Å². The van der Waals surface area contributed by atoms with E-state index in [1.54, 1.807) is 20.8 Å². The number of hydrogen-bond donors (Lipinski definition) is 3. The van der Waals surface area contributed by atoms with Crippen LogP contribution in [-0.2, 0) is 11.2 Å². The van der Waals surface area contributed by atoms with Gasteiger partial charge in [-0.3, -0.25) is 14.4 Å². The van der Waals surface area contributed by atoms with E-state index >= 15 is 0 Å². The van der Waals surface area contributed by atoms with E-state index in [1.807, 2.05) is 0 Å². The van der Waals surface area contributed by atoms with Gasteiger partial charge in [-0.25, -0.2) is 0 Å². The maximum absolute atomic E-state index is 12.3. The van der Waals surface area contributed by atoms with Crippen molar-refractivity contribution in [3.63, 3.8) is 0 Å². The van der Waals surface area contributed by atoms with Crippen LogP contribution in [0.3, 0.4) is 0 Å². The first-order valence-electron chi connectivity index (χ1n) is 7.11. The molecule has 0 saturated carbocycles. The van der Waals surface area contributed by atoms with Crippen LogP contribution in [0.4, 0.5) is 0 Å². The van der Waals surface area contributed by atoms with Crippen molar-refractivity contribution >= 4 is 17.7 Å². The van der Waals surface area contributed by atoms with E-state index in [0.29, 0.717) is 23.2 Å². The molecule has 1 aromatic rings. The van der Waals surface area contributed by atoms with Crippen LogP contribution in [0.15, 0.2) is 0 Å². The first-order chi connectivity index (χ1) is 9.82. The molecule has 6 nitrogen and oxygen atoms in total. The summed E-state index contributed by atoms with van der Waals surface area (Å²) in [6.07, 6.45) is 2.06. The summed E-state index contributed by atoms with van der Waals surface area (Å²) in [6.45, 7) is 4.95. The highest BCUT2D eigenvalue weighted by Crippen LogP contribution is 2.26. The predicted octanol–water partition coefficient (Wildman–Crippen LogP) is 1.68. The average Bonchev–Trinajstić information content (AvgIpc) is 2.76. The van der Waals surface area contributed by atoms with E-state index in [4.69, 9.17) is 5.11 Å². The summed E-state index contributed by atoms with van der Waals surface area (Å²) in [5, 5.41) is 11.6. The minimum Gasteiger partial charge on any atom is -0.481 e. The van der Waals surface area contributed by atoms with E-state index in [0.717, 1.165) is 18.5 Å². The molecule has 2 rings (SSSR count). The second kappa shape index (κ2) is 5.71. The number of fused-ring (bicyclic) bond motifs is 1. The van der Waals surface area contributed by atoms with Crippen molar-refractivity contribution in [1.29, 1.82) is 0 Å². The number of aliphatic carboxylic acids is 1. The molecule has 1 heterocycles. The maximum atomic E-state index is 12.3.